The first-order chi connectivity index (χ1) is 16.9. The van der Waals surface area contributed by atoms with Gasteiger partial charge in [0.25, 0.3) is 11.5 Å². The molecule has 0 spiro atoms. The Morgan fingerprint density at radius 3 is 1.76 bits per heavy atom. The lowest BCUT2D eigenvalue weighted by Gasteiger charge is -2.32. The van der Waals surface area contributed by atoms with Gasteiger partial charge in [-0.1, -0.05) is 24.3 Å². The van der Waals surface area contributed by atoms with Crippen molar-refractivity contribution in [1.29, 1.82) is 0 Å². The maximum absolute atomic E-state index is 13.0. The fourth-order valence-electron chi connectivity index (χ4n) is 3.06. The molecule has 2 N–H and O–H groups in total. The van der Waals surface area contributed by atoms with Crippen LogP contribution in [0.3, 0.4) is 0 Å². The second-order valence-electron chi connectivity index (χ2n) is 7.45. The zero-order valence-electron chi connectivity index (χ0n) is 18.3. The summed E-state index contributed by atoms with van der Waals surface area (Å²) < 4.78 is 115. The lowest BCUT2D eigenvalue weighted by atomic mass is 9.91. The van der Waals surface area contributed by atoms with E-state index in [0.29, 0.717) is 44.0 Å². The van der Waals surface area contributed by atoms with E-state index in [9.17, 15) is 49.4 Å². The van der Waals surface area contributed by atoms with Crippen molar-refractivity contribution in [2.75, 3.05) is 26.3 Å². The van der Waals surface area contributed by atoms with Gasteiger partial charge in [0.2, 0.25) is 0 Å². The summed E-state index contributed by atoms with van der Waals surface area (Å²) in [7, 11) is 0. The lowest BCUT2D eigenvalue weighted by Crippen LogP contribution is -2.53. The second kappa shape index (κ2) is 10.9. The first-order valence-corrected chi connectivity index (χ1v) is 9.98. The molecule has 1 aliphatic rings. The van der Waals surface area contributed by atoms with Crippen molar-refractivity contribution in [1.82, 2.24) is 9.88 Å². The zero-order chi connectivity index (χ0) is 28.2. The molecule has 1 aliphatic heterocycles. The van der Waals surface area contributed by atoms with Crippen molar-refractivity contribution in [2.45, 2.75) is 24.1 Å². The number of ether oxygens (including phenoxy) is 1. The number of pyridine rings is 1. The summed E-state index contributed by atoms with van der Waals surface area (Å²) in [4.78, 5) is 26.9. The third-order valence-electron chi connectivity index (χ3n) is 4.98. The number of hydrogen-bond acceptors (Lipinski definition) is 5. The Morgan fingerprint density at radius 1 is 0.838 bits per heavy atom. The number of morpholine rings is 1. The Morgan fingerprint density at radius 2 is 1.32 bits per heavy atom. The molecule has 1 saturated heterocycles. The highest BCUT2D eigenvalue weighted by Crippen LogP contribution is 2.50. The molecule has 7 nitrogen and oxygen atoms in total. The van der Waals surface area contributed by atoms with Crippen LogP contribution >= 0.6 is 0 Å². The fourth-order valence-corrected chi connectivity index (χ4v) is 3.06. The molecule has 2 aromatic rings. The molecule has 1 fully saturated rings. The summed E-state index contributed by atoms with van der Waals surface area (Å²) in [5, 5.41) is 16.6. The van der Waals surface area contributed by atoms with Gasteiger partial charge in [0.1, 0.15) is 0 Å². The van der Waals surface area contributed by atoms with E-state index in [0.717, 1.165) is 12.1 Å². The average Bonchev–Trinajstić information content (AvgIpc) is 2.82. The molecule has 0 saturated carbocycles. The highest BCUT2D eigenvalue weighted by atomic mass is 19.4. The van der Waals surface area contributed by atoms with Crippen LogP contribution in [0, 0.1) is 0 Å². The Labute approximate surface area is 202 Å². The molecule has 1 aromatic carbocycles. The minimum Gasteiger partial charge on any atom is -0.475 e. The summed E-state index contributed by atoms with van der Waals surface area (Å²) >= 11 is 0. The maximum Gasteiger partial charge on any atom is 0.490 e. The Bertz CT molecular complexity index is 1080. The monoisotopic (exact) mass is 548 g/mol. The number of nitrogens with zero attached hydrogens (tertiary/aromatic N) is 2. The minimum atomic E-state index is -5.96. The highest BCUT2D eigenvalue weighted by Gasteiger charge is 2.71. The van der Waals surface area contributed by atoms with Gasteiger partial charge in [0.05, 0.1) is 18.8 Å². The van der Waals surface area contributed by atoms with Crippen LogP contribution in [0.1, 0.15) is 15.9 Å². The molecule has 0 atom stereocenters. The third kappa shape index (κ3) is 6.88. The van der Waals surface area contributed by atoms with Gasteiger partial charge in [-0.05, 0) is 11.6 Å². The number of amides is 1. The molecule has 1 amide bonds. The summed E-state index contributed by atoms with van der Waals surface area (Å²) in [5.41, 5.74) is -5.58. The Balaban J connectivity index is 0.000000604. The van der Waals surface area contributed by atoms with Crippen molar-refractivity contribution in [3.8, 4) is 11.1 Å². The van der Waals surface area contributed by atoms with Gasteiger partial charge in [-0.3, -0.25) is 9.78 Å². The van der Waals surface area contributed by atoms with Crippen LogP contribution in [0.4, 0.5) is 39.5 Å². The molecule has 37 heavy (non-hydrogen) atoms. The van der Waals surface area contributed by atoms with Gasteiger partial charge in [-0.25, -0.2) is 4.79 Å². The summed E-state index contributed by atoms with van der Waals surface area (Å²) in [6, 6.07) is 4.54. The lowest BCUT2D eigenvalue weighted by molar-refractivity contribution is -0.376. The van der Waals surface area contributed by atoms with Gasteiger partial charge < -0.3 is 19.8 Å². The number of carbonyl (C=O) groups is 2. The van der Waals surface area contributed by atoms with E-state index in [-0.39, 0.29) is 17.0 Å². The maximum atomic E-state index is 13.0. The molecular weight excluding hydrogens is 531 g/mol. The normalized spacial score (nSPS) is 15.0. The predicted molar refractivity (Wildman–Crippen MR) is 106 cm³/mol. The van der Waals surface area contributed by atoms with Crippen LogP contribution in [0.25, 0.3) is 11.1 Å². The molecule has 204 valence electrons. The van der Waals surface area contributed by atoms with E-state index in [2.05, 4.69) is 4.98 Å². The first-order valence-electron chi connectivity index (χ1n) is 9.98. The largest absolute Gasteiger partial charge is 0.490 e. The number of carboxylic acid groups (broad SMARTS) is 1. The smallest absolute Gasteiger partial charge is 0.475 e. The molecule has 3 rings (SSSR count). The van der Waals surface area contributed by atoms with E-state index in [1.807, 2.05) is 0 Å². The highest BCUT2D eigenvalue weighted by molar-refractivity contribution is 5.95. The number of aromatic nitrogens is 1. The van der Waals surface area contributed by atoms with Gasteiger partial charge in [0, 0.05) is 36.6 Å². The number of carboxylic acids is 1. The number of benzene rings is 1. The molecule has 0 radical (unpaired) electrons. The number of hydrogen-bond donors (Lipinski definition) is 2. The van der Waals surface area contributed by atoms with Crippen LogP contribution < -0.4 is 0 Å². The Hall–Kier alpha value is -3.40. The second-order valence-corrected chi connectivity index (χ2v) is 7.45. The van der Waals surface area contributed by atoms with E-state index in [1.54, 1.807) is 4.90 Å². The quantitative estimate of drug-likeness (QED) is 0.559. The van der Waals surface area contributed by atoms with Crippen molar-refractivity contribution in [3.05, 3.63) is 53.9 Å². The van der Waals surface area contributed by atoms with Gasteiger partial charge in [-0.2, -0.15) is 39.5 Å². The number of alkyl halides is 9. The molecule has 0 aliphatic carbocycles. The number of aliphatic hydroxyl groups is 1. The van der Waals surface area contributed by atoms with Crippen molar-refractivity contribution in [3.63, 3.8) is 0 Å². The van der Waals surface area contributed by atoms with E-state index < -0.39 is 35.7 Å². The van der Waals surface area contributed by atoms with Crippen LogP contribution in [-0.4, -0.2) is 76.8 Å². The standard InChI is InChI=1S/C19H16F6N2O3.C2HF3O2/c20-18(21,22)17(29,19(23,24)25)15-3-1-12(2-4-15)13-9-14(11-26-10-13)16(28)27-5-7-30-8-6-27;3-2(4,5)1(6)7/h1-4,9-11,29H,5-8H2;(H,6,7). The van der Waals surface area contributed by atoms with Crippen LogP contribution in [0.15, 0.2) is 42.7 Å². The zero-order valence-corrected chi connectivity index (χ0v) is 18.3. The number of aliphatic carboxylic acids is 1. The predicted octanol–water partition coefficient (Wildman–Crippen LogP) is 4.17. The number of rotatable bonds is 3. The summed E-state index contributed by atoms with van der Waals surface area (Å²) in [5.74, 6) is -3.07. The minimum absolute atomic E-state index is 0.223. The van der Waals surface area contributed by atoms with Gasteiger partial charge in [-0.15, -0.1) is 0 Å². The third-order valence-corrected chi connectivity index (χ3v) is 4.98. The average molecular weight is 548 g/mol. The van der Waals surface area contributed by atoms with Crippen LogP contribution in [0.2, 0.25) is 0 Å². The van der Waals surface area contributed by atoms with E-state index in [4.69, 9.17) is 14.6 Å². The van der Waals surface area contributed by atoms with Crippen molar-refractivity contribution < 1.29 is 64.1 Å². The molecule has 1 aromatic heterocycles. The SMILES string of the molecule is O=C(O)C(F)(F)F.O=C(c1cncc(-c2ccc(C(O)(C(F)(F)F)C(F)(F)F)cc2)c1)N1CCOCC1. The van der Waals surface area contributed by atoms with Gasteiger partial charge >= 0.3 is 24.5 Å². The van der Waals surface area contributed by atoms with E-state index in [1.165, 1.54) is 18.5 Å². The Kier molecular flexibility index (Phi) is 8.80. The van der Waals surface area contributed by atoms with E-state index >= 15 is 0 Å². The summed E-state index contributed by atoms with van der Waals surface area (Å²) in [6.45, 7) is 1.57. The molecule has 0 bridgehead atoms. The summed E-state index contributed by atoms with van der Waals surface area (Å²) in [6.07, 6.45) is -14.4. The first kappa shape index (κ1) is 29.8. The van der Waals surface area contributed by atoms with Crippen molar-refractivity contribution >= 4 is 11.9 Å². The molecule has 0 unspecified atom stereocenters. The molecule has 2 heterocycles. The van der Waals surface area contributed by atoms with Crippen LogP contribution in [-0.2, 0) is 15.1 Å². The number of carbonyl (C=O) groups excluding carboxylic acids is 1. The topological polar surface area (TPSA) is 100.0 Å². The molecule has 16 heteroatoms. The fraction of sp³-hybridized carbons (Fsp3) is 0.381. The van der Waals surface area contributed by atoms with Gasteiger partial charge in [0.15, 0.2) is 0 Å². The van der Waals surface area contributed by atoms with Crippen LogP contribution in [0.5, 0.6) is 0 Å². The number of halogens is 9. The van der Waals surface area contributed by atoms with Crippen molar-refractivity contribution in [2.24, 2.45) is 0 Å². The molecular formula is C21H17F9N2O5.